The number of rotatable bonds is 11. The van der Waals surface area contributed by atoms with Crippen LogP contribution in [0.3, 0.4) is 0 Å². The second kappa shape index (κ2) is 20.5. The van der Waals surface area contributed by atoms with Gasteiger partial charge in [-0.25, -0.2) is 14.4 Å². The SMILES string of the molecule is C=C(CBr)C(=O)OC.C=C(CN(CC(=C)C(=O)OC)Cc1ccccc1)C(=O)OC.NCc1ccccc1. The van der Waals surface area contributed by atoms with E-state index in [4.69, 9.17) is 5.73 Å². The second-order valence-corrected chi connectivity index (χ2v) is 8.30. The molecule has 0 saturated heterocycles. The molecule has 2 N–H and O–H groups in total. The molecular weight excluding hydrogens is 552 g/mol. The average molecular weight is 590 g/mol. The Morgan fingerprint density at radius 3 is 1.37 bits per heavy atom. The quantitative estimate of drug-likeness (QED) is 0.180. The number of hydrogen-bond acceptors (Lipinski definition) is 8. The minimum Gasteiger partial charge on any atom is -0.466 e. The van der Waals surface area contributed by atoms with Gasteiger partial charge in [-0.15, -0.1) is 0 Å². The molecule has 9 heteroatoms. The van der Waals surface area contributed by atoms with Crippen LogP contribution in [-0.4, -0.2) is 62.6 Å². The van der Waals surface area contributed by atoms with Gasteiger partial charge in [0, 0.05) is 48.2 Å². The molecule has 38 heavy (non-hydrogen) atoms. The van der Waals surface area contributed by atoms with E-state index in [-0.39, 0.29) is 19.1 Å². The van der Waals surface area contributed by atoms with E-state index in [9.17, 15) is 14.4 Å². The van der Waals surface area contributed by atoms with Gasteiger partial charge in [0.1, 0.15) is 0 Å². The first kappa shape index (κ1) is 34.5. The maximum atomic E-state index is 11.5. The first-order chi connectivity index (χ1) is 18.1. The average Bonchev–Trinajstić information content (AvgIpc) is 2.96. The van der Waals surface area contributed by atoms with E-state index in [1.807, 2.05) is 65.6 Å². The Morgan fingerprint density at radius 2 is 1.08 bits per heavy atom. The van der Waals surface area contributed by atoms with Crippen LogP contribution in [0.4, 0.5) is 0 Å². The molecule has 2 aromatic carbocycles. The molecule has 0 aromatic heterocycles. The molecule has 0 fully saturated rings. The standard InChI is InChI=1S/C17H21NO4.C7H9N.C5H7BrO2/c1-13(16(19)21-3)10-18(11-14(2)17(20)22-4)12-15-8-6-5-7-9-15;8-6-7-4-2-1-3-5-7;1-4(3-6)5(7)8-2/h5-9H,1-2,10-12H2,3-4H3;1-5H,6,8H2;1,3H2,2H3. The second-order valence-electron chi connectivity index (χ2n) is 7.74. The summed E-state index contributed by atoms with van der Waals surface area (Å²) < 4.78 is 13.6. The highest BCUT2D eigenvalue weighted by molar-refractivity contribution is 9.09. The number of halogens is 1. The molecule has 0 bridgehead atoms. The third-order valence-electron chi connectivity index (χ3n) is 4.74. The van der Waals surface area contributed by atoms with Gasteiger partial charge in [-0.2, -0.15) is 0 Å². The van der Waals surface area contributed by atoms with Crippen LogP contribution in [0.1, 0.15) is 11.1 Å². The van der Waals surface area contributed by atoms with Gasteiger partial charge in [0.2, 0.25) is 0 Å². The molecule has 0 radical (unpaired) electrons. The Balaban J connectivity index is 0.000000694. The van der Waals surface area contributed by atoms with Crippen molar-refractivity contribution in [2.24, 2.45) is 5.73 Å². The molecule has 8 nitrogen and oxygen atoms in total. The van der Waals surface area contributed by atoms with Gasteiger partial charge in [-0.05, 0) is 11.1 Å². The largest absolute Gasteiger partial charge is 0.466 e. The Labute approximate surface area is 233 Å². The van der Waals surface area contributed by atoms with Crippen molar-refractivity contribution < 1.29 is 28.6 Å². The van der Waals surface area contributed by atoms with E-state index in [2.05, 4.69) is 49.9 Å². The van der Waals surface area contributed by atoms with Gasteiger partial charge in [-0.1, -0.05) is 96.3 Å². The van der Waals surface area contributed by atoms with Crippen molar-refractivity contribution in [1.82, 2.24) is 4.90 Å². The van der Waals surface area contributed by atoms with Crippen molar-refractivity contribution in [2.45, 2.75) is 13.1 Å². The zero-order chi connectivity index (χ0) is 28.9. The van der Waals surface area contributed by atoms with Gasteiger partial charge >= 0.3 is 17.9 Å². The van der Waals surface area contributed by atoms with Crippen LogP contribution < -0.4 is 5.73 Å². The smallest absolute Gasteiger partial charge is 0.334 e. The Bertz CT molecular complexity index is 998. The van der Waals surface area contributed by atoms with Crippen LogP contribution >= 0.6 is 15.9 Å². The zero-order valence-electron chi connectivity index (χ0n) is 22.3. The molecular formula is C29H37BrN2O6. The fourth-order valence-corrected chi connectivity index (χ4v) is 3.01. The normalized spacial score (nSPS) is 9.53. The van der Waals surface area contributed by atoms with Gasteiger partial charge in [0.25, 0.3) is 0 Å². The number of carbonyl (C=O) groups excluding carboxylic acids is 3. The highest BCUT2D eigenvalue weighted by Gasteiger charge is 2.17. The van der Waals surface area contributed by atoms with E-state index in [0.29, 0.717) is 35.1 Å². The molecule has 0 unspecified atom stereocenters. The summed E-state index contributed by atoms with van der Waals surface area (Å²) in [5, 5.41) is 0.472. The maximum absolute atomic E-state index is 11.5. The fraction of sp³-hybridized carbons (Fsp3) is 0.276. The molecule has 2 rings (SSSR count). The van der Waals surface area contributed by atoms with Crippen molar-refractivity contribution >= 4 is 33.8 Å². The molecule has 0 atom stereocenters. The fourth-order valence-electron chi connectivity index (χ4n) is 2.78. The van der Waals surface area contributed by atoms with Crippen LogP contribution in [0.25, 0.3) is 0 Å². The van der Waals surface area contributed by atoms with E-state index < -0.39 is 11.9 Å². The van der Waals surface area contributed by atoms with E-state index in [1.54, 1.807) is 0 Å². The topological polar surface area (TPSA) is 108 Å². The minimum absolute atomic E-state index is 0.275. The monoisotopic (exact) mass is 588 g/mol. The van der Waals surface area contributed by atoms with Crippen molar-refractivity contribution in [3.63, 3.8) is 0 Å². The van der Waals surface area contributed by atoms with Crippen molar-refractivity contribution in [2.75, 3.05) is 39.7 Å². The van der Waals surface area contributed by atoms with Crippen molar-refractivity contribution in [3.8, 4) is 0 Å². The van der Waals surface area contributed by atoms with Crippen LogP contribution in [0.15, 0.2) is 97.1 Å². The molecule has 0 aliphatic carbocycles. The van der Waals surface area contributed by atoms with Crippen molar-refractivity contribution in [1.29, 1.82) is 0 Å². The predicted octanol–water partition coefficient (Wildman–Crippen LogP) is 4.20. The molecule has 0 saturated carbocycles. The molecule has 0 heterocycles. The number of alkyl halides is 1. The first-order valence-electron chi connectivity index (χ1n) is 11.5. The highest BCUT2D eigenvalue weighted by atomic mass is 79.9. The minimum atomic E-state index is -0.471. The molecule has 0 aliphatic rings. The van der Waals surface area contributed by atoms with Gasteiger partial charge in [0.15, 0.2) is 0 Å². The lowest BCUT2D eigenvalue weighted by Crippen LogP contribution is -2.31. The molecule has 0 aliphatic heterocycles. The van der Waals surface area contributed by atoms with Crippen LogP contribution in [0, 0.1) is 0 Å². The summed E-state index contributed by atoms with van der Waals surface area (Å²) in [5.41, 5.74) is 8.66. The zero-order valence-corrected chi connectivity index (χ0v) is 23.9. The maximum Gasteiger partial charge on any atom is 0.334 e. The van der Waals surface area contributed by atoms with E-state index in [0.717, 1.165) is 5.56 Å². The van der Waals surface area contributed by atoms with Crippen molar-refractivity contribution in [3.05, 3.63) is 108 Å². The number of methoxy groups -OCH3 is 3. The van der Waals surface area contributed by atoms with Crippen LogP contribution in [0.2, 0.25) is 0 Å². The van der Waals surface area contributed by atoms with Crippen LogP contribution in [0.5, 0.6) is 0 Å². The van der Waals surface area contributed by atoms with Gasteiger partial charge in [-0.3, -0.25) is 4.90 Å². The number of nitrogens with zero attached hydrogens (tertiary/aromatic N) is 1. The summed E-state index contributed by atoms with van der Waals surface area (Å²) in [4.78, 5) is 35.3. The number of benzene rings is 2. The Hall–Kier alpha value is -3.53. The summed E-state index contributed by atoms with van der Waals surface area (Å²) in [6, 6.07) is 19.7. The third kappa shape index (κ3) is 14.9. The predicted molar refractivity (Wildman–Crippen MR) is 153 cm³/mol. The van der Waals surface area contributed by atoms with E-state index in [1.165, 1.54) is 26.9 Å². The van der Waals surface area contributed by atoms with Crippen LogP contribution in [-0.2, 0) is 41.7 Å². The lowest BCUT2D eigenvalue weighted by molar-refractivity contribution is -0.137. The first-order valence-corrected chi connectivity index (χ1v) is 12.6. The van der Waals surface area contributed by atoms with Gasteiger partial charge < -0.3 is 19.9 Å². The number of ether oxygens (including phenoxy) is 3. The third-order valence-corrected chi connectivity index (χ3v) is 5.42. The lowest BCUT2D eigenvalue weighted by Gasteiger charge is -2.23. The molecule has 0 spiro atoms. The number of hydrogen-bond donors (Lipinski definition) is 1. The number of esters is 3. The van der Waals surface area contributed by atoms with E-state index >= 15 is 0 Å². The Kier molecular flexibility index (Phi) is 18.6. The van der Waals surface area contributed by atoms with Gasteiger partial charge in [0.05, 0.1) is 21.3 Å². The molecule has 2 aromatic rings. The number of nitrogens with two attached hydrogens (primary N) is 1. The summed E-state index contributed by atoms with van der Waals surface area (Å²) in [6.45, 7) is 12.6. The summed E-state index contributed by atoms with van der Waals surface area (Å²) in [6.07, 6.45) is 0. The number of carbonyl (C=O) groups is 3. The molecule has 206 valence electrons. The molecule has 0 amide bonds. The summed E-state index contributed by atoms with van der Waals surface area (Å²) in [7, 11) is 3.95. The lowest BCUT2D eigenvalue weighted by atomic mass is 10.1. The highest BCUT2D eigenvalue weighted by Crippen LogP contribution is 2.10. The summed E-state index contributed by atoms with van der Waals surface area (Å²) in [5.74, 6) is -1.30. The summed E-state index contributed by atoms with van der Waals surface area (Å²) >= 11 is 3.06. The Morgan fingerprint density at radius 1 is 0.711 bits per heavy atom.